The second-order valence-electron chi connectivity index (χ2n) is 6.61. The molecule has 0 heterocycles. The average Bonchev–Trinajstić information content (AvgIpc) is 3.14. The maximum atomic E-state index is 12.9. The van der Waals surface area contributed by atoms with Crippen molar-refractivity contribution in [3.63, 3.8) is 0 Å². The van der Waals surface area contributed by atoms with Crippen LogP contribution in [0.1, 0.15) is 34.8 Å². The van der Waals surface area contributed by atoms with Gasteiger partial charge in [0.15, 0.2) is 6.10 Å². The summed E-state index contributed by atoms with van der Waals surface area (Å²) in [5, 5.41) is 0. The quantitative estimate of drug-likeness (QED) is 0.564. The lowest BCUT2D eigenvalue weighted by Crippen LogP contribution is -2.34. The third-order valence-electron chi connectivity index (χ3n) is 4.59. The molecule has 0 bridgehead atoms. The topological polar surface area (TPSA) is 89.5 Å². The van der Waals surface area contributed by atoms with Crippen LogP contribution in [0.4, 0.5) is 4.39 Å². The zero-order valence-electron chi connectivity index (χ0n) is 15.3. The molecule has 0 saturated heterocycles. The molecule has 0 aromatic heterocycles. The van der Waals surface area contributed by atoms with Crippen LogP contribution in [0.15, 0.2) is 47.4 Å². The Morgan fingerprint density at radius 2 is 1.79 bits per heavy atom. The van der Waals surface area contributed by atoms with Gasteiger partial charge in [-0.3, -0.25) is 9.59 Å². The Bertz CT molecular complexity index is 1000. The van der Waals surface area contributed by atoms with E-state index in [-0.39, 0.29) is 10.7 Å². The number of rotatable bonds is 7. The molecular formula is C20H20FNO5S. The highest BCUT2D eigenvalue weighted by atomic mass is 32.2. The van der Waals surface area contributed by atoms with Crippen LogP contribution in [0.5, 0.6) is 0 Å². The molecule has 1 aliphatic carbocycles. The molecular weight excluding hydrogens is 385 g/mol. The Morgan fingerprint density at radius 3 is 2.50 bits per heavy atom. The number of hydrogen-bond donors (Lipinski definition) is 1. The van der Waals surface area contributed by atoms with Crippen LogP contribution >= 0.6 is 0 Å². The molecule has 0 aliphatic heterocycles. The van der Waals surface area contributed by atoms with Gasteiger partial charge in [-0.25, -0.2) is 12.8 Å². The first-order chi connectivity index (χ1) is 13.3. The minimum Gasteiger partial charge on any atom is -0.453 e. The molecule has 6 nitrogen and oxygen atoms in total. The van der Waals surface area contributed by atoms with Crippen LogP contribution in [0.2, 0.25) is 0 Å². The lowest BCUT2D eigenvalue weighted by molar-refractivity contribution is -0.144. The molecule has 0 fully saturated rings. The number of nitrogens with one attached hydrogen (secondary N) is 1. The van der Waals surface area contributed by atoms with Crippen molar-refractivity contribution < 1.29 is 27.1 Å². The fraction of sp³-hybridized carbons (Fsp3) is 0.300. The molecule has 1 atom stereocenters. The largest absolute Gasteiger partial charge is 0.453 e. The molecule has 148 valence electrons. The molecule has 0 radical (unpaired) electrons. The van der Waals surface area contributed by atoms with E-state index in [9.17, 15) is 22.4 Å². The number of benzene rings is 2. The van der Waals surface area contributed by atoms with Gasteiger partial charge in [0.2, 0.25) is 15.8 Å². The minimum absolute atomic E-state index is 0.177. The van der Waals surface area contributed by atoms with E-state index in [2.05, 4.69) is 4.72 Å². The van der Waals surface area contributed by atoms with E-state index < -0.39 is 34.5 Å². The zero-order valence-corrected chi connectivity index (χ0v) is 16.1. The number of carbonyl (C=O) groups is 2. The fourth-order valence-corrected chi connectivity index (χ4v) is 4.07. The van der Waals surface area contributed by atoms with Gasteiger partial charge >= 0.3 is 5.97 Å². The minimum atomic E-state index is -3.99. The summed E-state index contributed by atoms with van der Waals surface area (Å²) in [5.41, 5.74) is 2.83. The highest BCUT2D eigenvalue weighted by molar-refractivity contribution is 7.89. The average molecular weight is 405 g/mol. The number of ketones is 1. The smallest absolute Gasteiger partial charge is 0.321 e. The van der Waals surface area contributed by atoms with Crippen LogP contribution in [-0.2, 0) is 32.4 Å². The van der Waals surface area contributed by atoms with Crippen molar-refractivity contribution in [3.8, 4) is 0 Å². The van der Waals surface area contributed by atoms with Gasteiger partial charge in [0.05, 0.1) is 4.90 Å². The van der Waals surface area contributed by atoms with Crippen molar-refractivity contribution in [1.29, 1.82) is 0 Å². The van der Waals surface area contributed by atoms with Crippen molar-refractivity contribution in [2.24, 2.45) is 0 Å². The first kappa shape index (κ1) is 20.2. The summed E-state index contributed by atoms with van der Waals surface area (Å²) < 4.78 is 44.2. The Hall–Kier alpha value is -2.58. The number of esters is 1. The Balaban J connectivity index is 1.56. The predicted octanol–water partition coefficient (Wildman–Crippen LogP) is 2.41. The lowest BCUT2D eigenvalue weighted by Gasteiger charge is -2.13. The highest BCUT2D eigenvalue weighted by Crippen LogP contribution is 2.23. The van der Waals surface area contributed by atoms with Crippen molar-refractivity contribution in [2.75, 3.05) is 6.54 Å². The first-order valence-electron chi connectivity index (χ1n) is 8.87. The molecule has 2 aromatic rings. The summed E-state index contributed by atoms with van der Waals surface area (Å²) in [4.78, 5) is 24.3. The van der Waals surface area contributed by atoms with Crippen LogP contribution in [0.3, 0.4) is 0 Å². The Morgan fingerprint density at radius 1 is 1.11 bits per heavy atom. The first-order valence-corrected chi connectivity index (χ1v) is 10.4. The molecule has 0 amide bonds. The van der Waals surface area contributed by atoms with E-state index >= 15 is 0 Å². The number of sulfonamides is 1. The molecule has 8 heteroatoms. The second kappa shape index (κ2) is 8.20. The molecule has 1 N–H and O–H groups in total. The van der Waals surface area contributed by atoms with E-state index in [1.54, 1.807) is 6.07 Å². The molecule has 0 saturated carbocycles. The van der Waals surface area contributed by atoms with Crippen LogP contribution in [-0.4, -0.2) is 32.8 Å². The molecule has 0 spiro atoms. The standard InChI is InChI=1S/C20H20FNO5S/c1-13(20(24)16-6-5-14-3-2-4-15(14)11-16)27-19(23)12-22-28(25,26)18-9-7-17(21)8-10-18/h5-11,13,22H,2-4,12H2,1H3/t13-/m1/s1. The number of ether oxygens (including phenoxy) is 1. The van der Waals surface area contributed by atoms with E-state index in [0.29, 0.717) is 5.56 Å². The maximum Gasteiger partial charge on any atom is 0.321 e. The second-order valence-corrected chi connectivity index (χ2v) is 8.38. The van der Waals surface area contributed by atoms with E-state index in [4.69, 9.17) is 4.74 Å². The molecule has 3 rings (SSSR count). The number of carbonyl (C=O) groups excluding carboxylic acids is 2. The van der Waals surface area contributed by atoms with Gasteiger partial charge in [0.1, 0.15) is 12.4 Å². The normalized spacial score (nSPS) is 14.4. The lowest BCUT2D eigenvalue weighted by atomic mass is 10.0. The van der Waals surface area contributed by atoms with Crippen LogP contribution in [0.25, 0.3) is 0 Å². The van der Waals surface area contributed by atoms with Crippen molar-refractivity contribution in [1.82, 2.24) is 4.72 Å². The summed E-state index contributed by atoms with van der Waals surface area (Å²) in [7, 11) is -3.99. The van der Waals surface area contributed by atoms with Gasteiger partial charge < -0.3 is 4.74 Å². The molecule has 2 aromatic carbocycles. The van der Waals surface area contributed by atoms with Gasteiger partial charge in [-0.05, 0) is 67.6 Å². The van der Waals surface area contributed by atoms with Crippen molar-refractivity contribution in [2.45, 2.75) is 37.2 Å². The third-order valence-corrected chi connectivity index (χ3v) is 6.01. The van der Waals surface area contributed by atoms with Crippen molar-refractivity contribution in [3.05, 3.63) is 65.0 Å². The monoisotopic (exact) mass is 405 g/mol. The van der Waals surface area contributed by atoms with E-state index in [1.165, 1.54) is 12.5 Å². The van der Waals surface area contributed by atoms with Crippen LogP contribution < -0.4 is 4.72 Å². The fourth-order valence-electron chi connectivity index (χ4n) is 3.10. The van der Waals surface area contributed by atoms with Gasteiger partial charge in [-0.2, -0.15) is 4.72 Å². The number of fused-ring (bicyclic) bond motifs is 1. The Kier molecular flexibility index (Phi) is 5.90. The summed E-state index contributed by atoms with van der Waals surface area (Å²) in [6, 6.07) is 9.64. The number of Topliss-reactive ketones (excluding diaryl/α,β-unsaturated/α-hetero) is 1. The summed E-state index contributed by atoms with van der Waals surface area (Å²) in [5.74, 6) is -1.80. The Labute approximate surface area is 162 Å². The van der Waals surface area contributed by atoms with Crippen molar-refractivity contribution >= 4 is 21.8 Å². The van der Waals surface area contributed by atoms with Gasteiger partial charge in [0, 0.05) is 5.56 Å². The number of hydrogen-bond acceptors (Lipinski definition) is 5. The molecule has 0 unspecified atom stereocenters. The number of aryl methyl sites for hydroxylation is 2. The maximum absolute atomic E-state index is 12.9. The van der Waals surface area contributed by atoms with E-state index in [1.807, 2.05) is 12.1 Å². The molecule has 28 heavy (non-hydrogen) atoms. The zero-order chi connectivity index (χ0) is 20.3. The molecule has 1 aliphatic rings. The highest BCUT2D eigenvalue weighted by Gasteiger charge is 2.23. The third kappa shape index (κ3) is 4.63. The summed E-state index contributed by atoms with van der Waals surface area (Å²) in [6.45, 7) is 0.809. The van der Waals surface area contributed by atoms with Crippen LogP contribution in [0, 0.1) is 5.82 Å². The summed E-state index contributed by atoms with van der Waals surface area (Å²) >= 11 is 0. The predicted molar refractivity (Wildman–Crippen MR) is 99.9 cm³/mol. The van der Waals surface area contributed by atoms with E-state index in [0.717, 1.165) is 49.1 Å². The van der Waals surface area contributed by atoms with Gasteiger partial charge in [-0.15, -0.1) is 0 Å². The van der Waals surface area contributed by atoms with Gasteiger partial charge in [-0.1, -0.05) is 12.1 Å². The SMILES string of the molecule is C[C@@H](OC(=O)CNS(=O)(=O)c1ccc(F)cc1)C(=O)c1ccc2c(c1)CCC2. The number of halogens is 1. The summed E-state index contributed by atoms with van der Waals surface area (Å²) in [6.07, 6.45) is 1.95. The van der Waals surface area contributed by atoms with Gasteiger partial charge in [0.25, 0.3) is 0 Å².